The van der Waals surface area contributed by atoms with Gasteiger partial charge in [0.05, 0.1) is 5.60 Å². The quantitative estimate of drug-likeness (QED) is 0.332. The Kier molecular flexibility index (Phi) is 10.6. The summed E-state index contributed by atoms with van der Waals surface area (Å²) < 4.78 is 11.3. The lowest BCUT2D eigenvalue weighted by Gasteiger charge is -2.37. The highest BCUT2D eigenvalue weighted by atomic mass is 127. The SMILES string of the molecule is CCC(CC)(CNC(=NC)NCC1(OC)CCOCC1)c1ccccc1.I. The van der Waals surface area contributed by atoms with Crippen LogP contribution in [-0.2, 0) is 14.9 Å². The number of methoxy groups -OCH3 is 1. The van der Waals surface area contributed by atoms with Crippen molar-refractivity contribution < 1.29 is 9.47 Å². The average Bonchev–Trinajstić information content (AvgIpc) is 2.72. The Morgan fingerprint density at radius 1 is 1.15 bits per heavy atom. The first-order valence-corrected chi connectivity index (χ1v) is 9.76. The van der Waals surface area contributed by atoms with Crippen LogP contribution in [0.4, 0.5) is 0 Å². The molecule has 27 heavy (non-hydrogen) atoms. The molecule has 1 saturated heterocycles. The smallest absolute Gasteiger partial charge is 0.191 e. The Bertz CT molecular complexity index is 556. The maximum absolute atomic E-state index is 5.81. The zero-order valence-corrected chi connectivity index (χ0v) is 19.5. The van der Waals surface area contributed by atoms with Crippen LogP contribution in [0.25, 0.3) is 0 Å². The first-order valence-electron chi connectivity index (χ1n) is 9.76. The molecule has 1 aromatic rings. The van der Waals surface area contributed by atoms with Crippen molar-refractivity contribution in [3.05, 3.63) is 35.9 Å². The van der Waals surface area contributed by atoms with Crippen molar-refractivity contribution in [1.82, 2.24) is 10.6 Å². The topological polar surface area (TPSA) is 54.9 Å². The molecule has 0 spiro atoms. The number of guanidine groups is 1. The van der Waals surface area contributed by atoms with E-state index in [-0.39, 0.29) is 35.0 Å². The second-order valence-electron chi connectivity index (χ2n) is 7.13. The molecule has 0 aliphatic carbocycles. The van der Waals surface area contributed by atoms with Crippen molar-refractivity contribution in [3.63, 3.8) is 0 Å². The van der Waals surface area contributed by atoms with Gasteiger partial charge >= 0.3 is 0 Å². The van der Waals surface area contributed by atoms with E-state index in [1.165, 1.54) is 5.56 Å². The lowest BCUT2D eigenvalue weighted by atomic mass is 9.76. The van der Waals surface area contributed by atoms with Crippen molar-refractivity contribution in [2.75, 3.05) is 40.5 Å². The van der Waals surface area contributed by atoms with Gasteiger partial charge in [0.15, 0.2) is 5.96 Å². The summed E-state index contributed by atoms with van der Waals surface area (Å²) in [5.74, 6) is 0.829. The largest absolute Gasteiger partial charge is 0.381 e. The summed E-state index contributed by atoms with van der Waals surface area (Å²) >= 11 is 0. The van der Waals surface area contributed by atoms with Crippen molar-refractivity contribution in [2.45, 2.75) is 50.5 Å². The average molecular weight is 489 g/mol. The molecular weight excluding hydrogens is 453 g/mol. The molecule has 1 aromatic carbocycles. The van der Waals surface area contributed by atoms with Crippen molar-refractivity contribution in [3.8, 4) is 0 Å². The lowest BCUT2D eigenvalue weighted by Crippen LogP contribution is -2.52. The Hall–Kier alpha value is -0.860. The molecule has 2 N–H and O–H groups in total. The van der Waals surface area contributed by atoms with E-state index in [1.807, 2.05) is 7.05 Å². The van der Waals surface area contributed by atoms with Crippen LogP contribution in [0.5, 0.6) is 0 Å². The molecule has 0 atom stereocenters. The van der Waals surface area contributed by atoms with E-state index in [4.69, 9.17) is 9.47 Å². The van der Waals surface area contributed by atoms with Crippen molar-refractivity contribution >= 4 is 29.9 Å². The Morgan fingerprint density at radius 2 is 1.78 bits per heavy atom. The zero-order valence-electron chi connectivity index (χ0n) is 17.2. The molecule has 0 saturated carbocycles. The van der Waals surface area contributed by atoms with E-state index in [2.05, 4.69) is 59.8 Å². The maximum Gasteiger partial charge on any atom is 0.191 e. The molecule has 154 valence electrons. The number of aliphatic imine (C=N–C) groups is 1. The normalized spacial score (nSPS) is 17.1. The Morgan fingerprint density at radius 3 is 2.30 bits per heavy atom. The minimum Gasteiger partial charge on any atom is -0.381 e. The minimum atomic E-state index is -0.165. The second kappa shape index (κ2) is 11.9. The third-order valence-electron chi connectivity index (χ3n) is 5.97. The van der Waals surface area contributed by atoms with Crippen LogP contribution in [0.15, 0.2) is 35.3 Å². The number of ether oxygens (including phenoxy) is 2. The fourth-order valence-electron chi connectivity index (χ4n) is 3.72. The second-order valence-corrected chi connectivity index (χ2v) is 7.13. The van der Waals surface area contributed by atoms with Gasteiger partial charge in [0.25, 0.3) is 0 Å². The summed E-state index contributed by atoms with van der Waals surface area (Å²) in [6, 6.07) is 10.8. The number of hydrogen-bond acceptors (Lipinski definition) is 3. The molecule has 0 radical (unpaired) electrons. The molecule has 1 aliphatic rings. The first kappa shape index (κ1) is 24.2. The van der Waals surface area contributed by atoms with Gasteiger partial charge in [0, 0.05) is 58.7 Å². The zero-order chi connectivity index (χ0) is 18.9. The van der Waals surface area contributed by atoms with Gasteiger partial charge in [0.2, 0.25) is 0 Å². The van der Waals surface area contributed by atoms with Gasteiger partial charge in [-0.1, -0.05) is 44.2 Å². The van der Waals surface area contributed by atoms with Crippen molar-refractivity contribution in [2.24, 2.45) is 4.99 Å². The fourth-order valence-corrected chi connectivity index (χ4v) is 3.72. The molecule has 1 heterocycles. The Balaban J connectivity index is 0.00000364. The number of benzene rings is 1. The van der Waals surface area contributed by atoms with Crippen LogP contribution in [0, 0.1) is 0 Å². The summed E-state index contributed by atoms with van der Waals surface area (Å²) in [6.07, 6.45) is 3.98. The molecular formula is C21H36IN3O2. The highest BCUT2D eigenvalue weighted by molar-refractivity contribution is 14.0. The number of nitrogens with zero attached hydrogens (tertiary/aromatic N) is 1. The maximum atomic E-state index is 5.81. The lowest BCUT2D eigenvalue weighted by molar-refractivity contribution is -0.0855. The molecule has 0 unspecified atom stereocenters. The molecule has 0 bridgehead atoms. The van der Waals surface area contributed by atoms with Crippen molar-refractivity contribution in [1.29, 1.82) is 0 Å². The molecule has 1 aliphatic heterocycles. The van der Waals surface area contributed by atoms with Crippen LogP contribution in [-0.4, -0.2) is 52.0 Å². The highest BCUT2D eigenvalue weighted by Gasteiger charge is 2.33. The van der Waals surface area contributed by atoms with E-state index < -0.39 is 0 Å². The van der Waals surface area contributed by atoms with Gasteiger partial charge < -0.3 is 20.1 Å². The fraction of sp³-hybridized carbons (Fsp3) is 0.667. The standard InChI is InChI=1S/C21H35N3O2.HI/c1-5-20(6-2,18-10-8-7-9-11-18)16-23-19(22-3)24-17-21(25-4)12-14-26-15-13-21;/h7-11H,5-6,12-17H2,1-4H3,(H2,22,23,24);1H. The monoisotopic (exact) mass is 489 g/mol. The number of hydrogen-bond donors (Lipinski definition) is 2. The van der Waals surface area contributed by atoms with Gasteiger partial charge in [-0.2, -0.15) is 0 Å². The third-order valence-corrected chi connectivity index (χ3v) is 5.97. The van der Waals surface area contributed by atoms with E-state index in [0.717, 1.165) is 57.9 Å². The van der Waals surface area contributed by atoms with Crippen LogP contribution in [0.3, 0.4) is 0 Å². The van der Waals surface area contributed by atoms with E-state index >= 15 is 0 Å². The number of rotatable bonds is 8. The molecule has 6 heteroatoms. The molecule has 5 nitrogen and oxygen atoms in total. The van der Waals surface area contributed by atoms with Gasteiger partial charge in [-0.05, 0) is 18.4 Å². The minimum absolute atomic E-state index is 0. The molecule has 0 amide bonds. The van der Waals surface area contributed by atoms with E-state index in [9.17, 15) is 0 Å². The van der Waals surface area contributed by atoms with Crippen LogP contribution >= 0.6 is 24.0 Å². The van der Waals surface area contributed by atoms with E-state index in [1.54, 1.807) is 7.11 Å². The van der Waals surface area contributed by atoms with E-state index in [0.29, 0.717) is 0 Å². The molecule has 1 fully saturated rings. The summed E-state index contributed by atoms with van der Waals surface area (Å²) in [6.45, 7) is 7.62. The first-order chi connectivity index (χ1) is 12.6. The summed E-state index contributed by atoms with van der Waals surface area (Å²) in [5, 5.41) is 7.01. The molecule has 0 aromatic heterocycles. The number of halogens is 1. The van der Waals surface area contributed by atoms with Crippen LogP contribution in [0.1, 0.15) is 45.1 Å². The van der Waals surface area contributed by atoms with Gasteiger partial charge in [-0.25, -0.2) is 0 Å². The van der Waals surface area contributed by atoms with Gasteiger partial charge in [-0.15, -0.1) is 24.0 Å². The highest BCUT2D eigenvalue weighted by Crippen LogP contribution is 2.30. The summed E-state index contributed by atoms with van der Waals surface area (Å²) in [7, 11) is 3.61. The predicted octanol–water partition coefficient (Wildman–Crippen LogP) is 3.72. The van der Waals surface area contributed by atoms with Gasteiger partial charge in [-0.3, -0.25) is 4.99 Å². The van der Waals surface area contributed by atoms with Gasteiger partial charge in [0.1, 0.15) is 0 Å². The van der Waals surface area contributed by atoms with Crippen LogP contribution < -0.4 is 10.6 Å². The summed E-state index contributed by atoms with van der Waals surface area (Å²) in [5.41, 5.74) is 1.32. The van der Waals surface area contributed by atoms with Crippen LogP contribution in [0.2, 0.25) is 0 Å². The summed E-state index contributed by atoms with van der Waals surface area (Å²) in [4.78, 5) is 4.41. The third kappa shape index (κ3) is 6.32. The Labute approximate surface area is 181 Å². The molecule has 2 rings (SSSR count). The predicted molar refractivity (Wildman–Crippen MR) is 123 cm³/mol. The number of nitrogens with one attached hydrogen (secondary N) is 2.